The summed E-state index contributed by atoms with van der Waals surface area (Å²) in [6.45, 7) is 0. The van der Waals surface area contributed by atoms with Gasteiger partial charge in [-0.1, -0.05) is 12.1 Å². The van der Waals surface area contributed by atoms with Crippen molar-refractivity contribution in [1.29, 1.82) is 0 Å². The van der Waals surface area contributed by atoms with E-state index in [4.69, 9.17) is 10.2 Å². The molecule has 0 spiro atoms. The summed E-state index contributed by atoms with van der Waals surface area (Å²) in [5, 5.41) is 18.2. The van der Waals surface area contributed by atoms with Gasteiger partial charge in [-0.2, -0.15) is 0 Å². The molecule has 2 N–H and O–H groups in total. The predicted octanol–water partition coefficient (Wildman–Crippen LogP) is -0.696. The van der Waals surface area contributed by atoms with Gasteiger partial charge in [-0.05, 0) is 17.7 Å². The van der Waals surface area contributed by atoms with Crippen molar-refractivity contribution in [1.82, 2.24) is 0 Å². The lowest BCUT2D eigenvalue weighted by molar-refractivity contribution is -0.289. The van der Waals surface area contributed by atoms with Gasteiger partial charge < -0.3 is 14.6 Å². The summed E-state index contributed by atoms with van der Waals surface area (Å²) >= 11 is 0. The molecule has 0 unspecified atom stereocenters. The molecule has 0 aliphatic carbocycles. The molecule has 1 rings (SSSR count). The minimum absolute atomic E-state index is 0.0587. The SMILES string of the molecule is OC(O)(Cc1ccc(F)cc1)O[SiH3]. The van der Waals surface area contributed by atoms with Crippen LogP contribution >= 0.6 is 0 Å². The molecule has 0 aliphatic heterocycles. The van der Waals surface area contributed by atoms with Gasteiger partial charge in [-0.3, -0.25) is 0 Å². The highest BCUT2D eigenvalue weighted by atomic mass is 28.2. The van der Waals surface area contributed by atoms with E-state index in [1.165, 1.54) is 24.3 Å². The van der Waals surface area contributed by atoms with E-state index in [-0.39, 0.29) is 22.7 Å². The molecule has 0 heterocycles. The van der Waals surface area contributed by atoms with Crippen molar-refractivity contribution >= 4 is 10.5 Å². The van der Waals surface area contributed by atoms with E-state index in [1.54, 1.807) is 0 Å². The van der Waals surface area contributed by atoms with Crippen LogP contribution in [-0.2, 0) is 10.8 Å². The second-order valence-electron chi connectivity index (χ2n) is 2.75. The summed E-state index contributed by atoms with van der Waals surface area (Å²) in [6, 6.07) is 5.49. The quantitative estimate of drug-likeness (QED) is 0.503. The number of rotatable bonds is 3. The Labute approximate surface area is 78.3 Å². The molecule has 0 radical (unpaired) electrons. The molecule has 0 saturated heterocycles. The van der Waals surface area contributed by atoms with Crippen molar-refractivity contribution in [2.24, 2.45) is 0 Å². The topological polar surface area (TPSA) is 49.7 Å². The van der Waals surface area contributed by atoms with Crippen molar-refractivity contribution in [2.75, 3.05) is 0 Å². The van der Waals surface area contributed by atoms with Crippen LogP contribution in [0.3, 0.4) is 0 Å². The molecule has 1 aromatic rings. The zero-order chi connectivity index (χ0) is 9.90. The number of hydrogen-bond donors (Lipinski definition) is 2. The molecule has 0 saturated carbocycles. The van der Waals surface area contributed by atoms with Crippen molar-refractivity contribution < 1.29 is 19.0 Å². The first-order valence-corrected chi connectivity index (χ1v) is 4.59. The highest BCUT2D eigenvalue weighted by Crippen LogP contribution is 2.11. The van der Waals surface area contributed by atoms with Crippen LogP contribution in [0.1, 0.15) is 5.56 Å². The van der Waals surface area contributed by atoms with Gasteiger partial charge in [0, 0.05) is 0 Å². The summed E-state index contributed by atoms with van der Waals surface area (Å²) in [7, 11) is 0.232. The lowest BCUT2D eigenvalue weighted by Crippen LogP contribution is -2.33. The standard InChI is InChI=1S/C8H11FO3Si/c9-7-3-1-6(2-4-7)5-8(10,11)12-13/h1-4,10-11H,5H2,13H3. The average Bonchev–Trinajstić information content (AvgIpc) is 2.09. The number of benzene rings is 1. The monoisotopic (exact) mass is 202 g/mol. The maximum atomic E-state index is 12.5. The second kappa shape index (κ2) is 3.97. The highest BCUT2D eigenvalue weighted by Gasteiger charge is 2.21. The minimum atomic E-state index is -2.12. The Morgan fingerprint density at radius 1 is 1.31 bits per heavy atom. The molecule has 0 aromatic heterocycles. The molecule has 3 nitrogen and oxygen atoms in total. The van der Waals surface area contributed by atoms with E-state index >= 15 is 0 Å². The fourth-order valence-corrected chi connectivity index (χ4v) is 1.08. The van der Waals surface area contributed by atoms with Crippen molar-refractivity contribution in [3.05, 3.63) is 35.6 Å². The number of hydrogen-bond acceptors (Lipinski definition) is 3. The van der Waals surface area contributed by atoms with Gasteiger partial charge in [0.1, 0.15) is 5.82 Å². The Morgan fingerprint density at radius 3 is 2.31 bits per heavy atom. The van der Waals surface area contributed by atoms with Crippen LogP contribution in [0.25, 0.3) is 0 Å². The molecule has 0 atom stereocenters. The molecule has 0 bridgehead atoms. The van der Waals surface area contributed by atoms with Crippen LogP contribution in [-0.4, -0.2) is 26.7 Å². The van der Waals surface area contributed by atoms with Gasteiger partial charge in [0.25, 0.3) is 5.97 Å². The van der Waals surface area contributed by atoms with E-state index in [9.17, 15) is 4.39 Å². The fraction of sp³-hybridized carbons (Fsp3) is 0.250. The van der Waals surface area contributed by atoms with E-state index < -0.39 is 5.97 Å². The molecule has 0 amide bonds. The Kier molecular flexibility index (Phi) is 3.15. The molecular formula is C8H11FO3Si. The lowest BCUT2D eigenvalue weighted by Gasteiger charge is -2.19. The Morgan fingerprint density at radius 2 is 1.85 bits per heavy atom. The zero-order valence-corrected chi connectivity index (χ0v) is 9.20. The third-order valence-electron chi connectivity index (χ3n) is 1.67. The van der Waals surface area contributed by atoms with Gasteiger partial charge >= 0.3 is 0 Å². The van der Waals surface area contributed by atoms with Gasteiger partial charge in [-0.15, -0.1) is 0 Å². The molecule has 1 aromatic carbocycles. The molecule has 13 heavy (non-hydrogen) atoms. The van der Waals surface area contributed by atoms with E-state index in [2.05, 4.69) is 4.43 Å². The summed E-state index contributed by atoms with van der Waals surface area (Å²) in [6.07, 6.45) is -0.0587. The first-order valence-electron chi connectivity index (χ1n) is 3.78. The van der Waals surface area contributed by atoms with Gasteiger partial charge in [-0.25, -0.2) is 4.39 Å². The second-order valence-corrected chi connectivity index (χ2v) is 3.16. The third-order valence-corrected chi connectivity index (χ3v) is 2.33. The van der Waals surface area contributed by atoms with Crippen molar-refractivity contribution in [2.45, 2.75) is 12.4 Å². The van der Waals surface area contributed by atoms with Crippen LogP contribution in [0.4, 0.5) is 4.39 Å². The third kappa shape index (κ3) is 3.23. The van der Waals surface area contributed by atoms with Crippen LogP contribution < -0.4 is 0 Å². The summed E-state index contributed by atoms with van der Waals surface area (Å²) in [4.78, 5) is 0. The number of halogens is 1. The Balaban J connectivity index is 2.69. The average molecular weight is 202 g/mol. The van der Waals surface area contributed by atoms with Crippen molar-refractivity contribution in [3.8, 4) is 0 Å². The Hall–Kier alpha value is -0.753. The Bertz CT molecular complexity index is 273. The van der Waals surface area contributed by atoms with Gasteiger partial charge in [0.2, 0.25) is 0 Å². The first kappa shape index (κ1) is 10.3. The van der Waals surface area contributed by atoms with Crippen LogP contribution in [0.2, 0.25) is 0 Å². The van der Waals surface area contributed by atoms with Crippen LogP contribution in [0, 0.1) is 5.82 Å². The maximum Gasteiger partial charge on any atom is 0.271 e. The minimum Gasteiger partial charge on any atom is -0.380 e. The zero-order valence-electron chi connectivity index (χ0n) is 7.20. The van der Waals surface area contributed by atoms with E-state index in [0.717, 1.165) is 0 Å². The van der Waals surface area contributed by atoms with Crippen LogP contribution in [0.5, 0.6) is 0 Å². The summed E-state index contributed by atoms with van der Waals surface area (Å²) in [5.74, 6) is -2.47. The lowest BCUT2D eigenvalue weighted by atomic mass is 10.1. The smallest absolute Gasteiger partial charge is 0.271 e. The molecule has 0 fully saturated rings. The van der Waals surface area contributed by atoms with E-state index in [1.807, 2.05) is 0 Å². The molecular weight excluding hydrogens is 191 g/mol. The first-order chi connectivity index (χ1) is 6.03. The molecule has 0 aliphatic rings. The van der Waals surface area contributed by atoms with Crippen LogP contribution in [0.15, 0.2) is 24.3 Å². The van der Waals surface area contributed by atoms with Gasteiger partial charge in [0.05, 0.1) is 6.42 Å². The summed E-state index contributed by atoms with van der Waals surface area (Å²) in [5.41, 5.74) is 0.613. The fourth-order valence-electron chi connectivity index (χ4n) is 0.940. The summed E-state index contributed by atoms with van der Waals surface area (Å²) < 4.78 is 17.0. The largest absolute Gasteiger partial charge is 0.380 e. The maximum absolute atomic E-state index is 12.5. The highest BCUT2D eigenvalue weighted by molar-refractivity contribution is 5.98. The van der Waals surface area contributed by atoms with Gasteiger partial charge in [0.15, 0.2) is 10.5 Å². The number of aliphatic hydroxyl groups is 2. The predicted molar refractivity (Wildman–Crippen MR) is 48.3 cm³/mol. The normalized spacial score (nSPS) is 11.9. The van der Waals surface area contributed by atoms with Crippen molar-refractivity contribution in [3.63, 3.8) is 0 Å². The molecule has 72 valence electrons. The molecule has 5 heteroatoms. The van der Waals surface area contributed by atoms with E-state index in [0.29, 0.717) is 5.56 Å².